The third-order valence-corrected chi connectivity index (χ3v) is 4.50. The molecule has 1 aliphatic heterocycles. The van der Waals surface area contributed by atoms with E-state index >= 15 is 0 Å². The van der Waals surface area contributed by atoms with Gasteiger partial charge in [0.2, 0.25) is 5.91 Å². The zero-order valence-corrected chi connectivity index (χ0v) is 14.2. The van der Waals surface area contributed by atoms with E-state index in [-0.39, 0.29) is 18.4 Å². The van der Waals surface area contributed by atoms with Crippen molar-refractivity contribution in [1.29, 1.82) is 0 Å². The van der Waals surface area contributed by atoms with Gasteiger partial charge in [0.15, 0.2) is 0 Å². The molecule has 2 amide bonds. The zero-order chi connectivity index (χ0) is 17.9. The Morgan fingerprint density at radius 2 is 1.84 bits per heavy atom. The summed E-state index contributed by atoms with van der Waals surface area (Å²) in [7, 11) is 0. The molecule has 1 heterocycles. The molecule has 1 unspecified atom stereocenters. The predicted octanol–water partition coefficient (Wildman–Crippen LogP) is 2.45. The molecule has 130 valence electrons. The van der Waals surface area contributed by atoms with E-state index in [1.165, 1.54) is 0 Å². The van der Waals surface area contributed by atoms with Crippen LogP contribution in [0, 0.1) is 0 Å². The minimum absolute atomic E-state index is 0.113. The highest BCUT2D eigenvalue weighted by atomic mass is 16.3. The quantitative estimate of drug-likeness (QED) is 0.880. The summed E-state index contributed by atoms with van der Waals surface area (Å²) in [4.78, 5) is 25.8. The van der Waals surface area contributed by atoms with Crippen LogP contribution in [-0.2, 0) is 10.4 Å². The van der Waals surface area contributed by atoms with E-state index in [9.17, 15) is 14.7 Å². The zero-order valence-electron chi connectivity index (χ0n) is 14.2. The summed E-state index contributed by atoms with van der Waals surface area (Å²) in [6.45, 7) is 2.51. The second-order valence-electron chi connectivity index (χ2n) is 6.52. The topological polar surface area (TPSA) is 69.6 Å². The van der Waals surface area contributed by atoms with Gasteiger partial charge in [-0.2, -0.15) is 0 Å². The fraction of sp³-hybridized carbons (Fsp3) is 0.300. The first-order valence-corrected chi connectivity index (χ1v) is 8.44. The molecule has 1 saturated heterocycles. The van der Waals surface area contributed by atoms with Crippen molar-refractivity contribution in [2.75, 3.05) is 18.0 Å². The first-order valence-electron chi connectivity index (χ1n) is 8.44. The summed E-state index contributed by atoms with van der Waals surface area (Å²) in [5.74, 6) is -0.133. The molecule has 0 saturated carbocycles. The molecule has 0 spiro atoms. The van der Waals surface area contributed by atoms with Crippen LogP contribution >= 0.6 is 0 Å². The lowest BCUT2D eigenvalue weighted by Crippen LogP contribution is -2.38. The van der Waals surface area contributed by atoms with Gasteiger partial charge in [-0.1, -0.05) is 30.3 Å². The molecule has 0 aromatic heterocycles. The fourth-order valence-electron chi connectivity index (χ4n) is 2.97. The van der Waals surface area contributed by atoms with Crippen LogP contribution in [0.3, 0.4) is 0 Å². The first-order chi connectivity index (χ1) is 12.0. The number of aliphatic hydroxyl groups is 1. The highest BCUT2D eigenvalue weighted by Gasteiger charge is 2.24. The van der Waals surface area contributed by atoms with E-state index in [2.05, 4.69) is 5.32 Å². The van der Waals surface area contributed by atoms with Crippen LogP contribution in [0.25, 0.3) is 0 Å². The lowest BCUT2D eigenvalue weighted by atomic mass is 9.96. The Labute approximate surface area is 147 Å². The Hall–Kier alpha value is -2.66. The third kappa shape index (κ3) is 3.88. The summed E-state index contributed by atoms with van der Waals surface area (Å²) in [6, 6.07) is 16.2. The number of carbonyl (C=O) groups is 2. The Morgan fingerprint density at radius 3 is 2.44 bits per heavy atom. The number of rotatable bonds is 5. The molecule has 5 heteroatoms. The maximum atomic E-state index is 12.3. The molecule has 2 aromatic rings. The van der Waals surface area contributed by atoms with Gasteiger partial charge in [-0.15, -0.1) is 0 Å². The minimum Gasteiger partial charge on any atom is -0.384 e. The SMILES string of the molecule is CC(O)(CNC(=O)c1ccc(N2CCCC2=O)cc1)c1ccccc1. The molecule has 1 aliphatic rings. The normalized spacial score (nSPS) is 16.6. The van der Waals surface area contributed by atoms with Crippen LogP contribution in [0.4, 0.5) is 5.69 Å². The van der Waals surface area contributed by atoms with Gasteiger partial charge in [0.25, 0.3) is 5.91 Å². The molecular formula is C20H22N2O3. The molecule has 2 aromatic carbocycles. The molecule has 1 atom stereocenters. The average Bonchev–Trinajstić information content (AvgIpc) is 3.06. The van der Waals surface area contributed by atoms with Crippen LogP contribution in [0.1, 0.15) is 35.7 Å². The van der Waals surface area contributed by atoms with E-state index in [4.69, 9.17) is 0 Å². The van der Waals surface area contributed by atoms with E-state index in [0.29, 0.717) is 12.0 Å². The number of anilines is 1. The highest BCUT2D eigenvalue weighted by Crippen LogP contribution is 2.22. The summed E-state index contributed by atoms with van der Waals surface area (Å²) >= 11 is 0. The largest absolute Gasteiger partial charge is 0.384 e. The van der Waals surface area contributed by atoms with Crippen molar-refractivity contribution >= 4 is 17.5 Å². The molecule has 25 heavy (non-hydrogen) atoms. The van der Waals surface area contributed by atoms with E-state index in [1.807, 2.05) is 30.3 Å². The molecule has 3 rings (SSSR count). The fourth-order valence-corrected chi connectivity index (χ4v) is 2.97. The van der Waals surface area contributed by atoms with Crippen molar-refractivity contribution in [3.05, 3.63) is 65.7 Å². The van der Waals surface area contributed by atoms with Gasteiger partial charge in [0.1, 0.15) is 5.60 Å². The summed E-state index contributed by atoms with van der Waals surface area (Å²) in [6.07, 6.45) is 1.45. The Balaban J connectivity index is 1.62. The van der Waals surface area contributed by atoms with Crippen LogP contribution in [0.5, 0.6) is 0 Å². The van der Waals surface area contributed by atoms with Crippen LogP contribution in [0.15, 0.2) is 54.6 Å². The number of nitrogens with one attached hydrogen (secondary N) is 1. The highest BCUT2D eigenvalue weighted by molar-refractivity contribution is 5.97. The van der Waals surface area contributed by atoms with Gasteiger partial charge < -0.3 is 15.3 Å². The van der Waals surface area contributed by atoms with Gasteiger partial charge >= 0.3 is 0 Å². The summed E-state index contributed by atoms with van der Waals surface area (Å²) in [5.41, 5.74) is 0.923. The molecular weight excluding hydrogens is 316 g/mol. The van der Waals surface area contributed by atoms with Gasteiger partial charge in [-0.3, -0.25) is 9.59 Å². The Kier molecular flexibility index (Phi) is 4.86. The van der Waals surface area contributed by atoms with Gasteiger partial charge in [-0.25, -0.2) is 0 Å². The number of hydrogen-bond acceptors (Lipinski definition) is 3. The third-order valence-electron chi connectivity index (χ3n) is 4.50. The van der Waals surface area contributed by atoms with Crippen LogP contribution in [0.2, 0.25) is 0 Å². The number of benzene rings is 2. The number of carbonyl (C=O) groups excluding carboxylic acids is 2. The average molecular weight is 338 g/mol. The van der Waals surface area contributed by atoms with Gasteiger partial charge in [0.05, 0.1) is 6.54 Å². The molecule has 1 fully saturated rings. The lowest BCUT2D eigenvalue weighted by molar-refractivity contribution is -0.117. The van der Waals surface area contributed by atoms with Crippen LogP contribution < -0.4 is 10.2 Å². The van der Waals surface area contributed by atoms with E-state index < -0.39 is 5.60 Å². The summed E-state index contributed by atoms with van der Waals surface area (Å²) < 4.78 is 0. The van der Waals surface area contributed by atoms with Gasteiger partial charge in [0, 0.05) is 24.2 Å². The Morgan fingerprint density at radius 1 is 1.16 bits per heavy atom. The summed E-state index contributed by atoms with van der Waals surface area (Å²) in [5, 5.41) is 13.3. The van der Waals surface area contributed by atoms with E-state index in [1.54, 1.807) is 36.1 Å². The molecule has 5 nitrogen and oxygen atoms in total. The molecule has 0 bridgehead atoms. The number of amides is 2. The lowest BCUT2D eigenvalue weighted by Gasteiger charge is -2.24. The number of nitrogens with zero attached hydrogens (tertiary/aromatic N) is 1. The van der Waals surface area contributed by atoms with E-state index in [0.717, 1.165) is 24.2 Å². The van der Waals surface area contributed by atoms with Crippen molar-refractivity contribution in [2.45, 2.75) is 25.4 Å². The molecule has 0 radical (unpaired) electrons. The Bertz CT molecular complexity index is 754. The smallest absolute Gasteiger partial charge is 0.251 e. The maximum Gasteiger partial charge on any atom is 0.251 e. The van der Waals surface area contributed by atoms with Gasteiger partial charge in [-0.05, 0) is 43.2 Å². The monoisotopic (exact) mass is 338 g/mol. The minimum atomic E-state index is -1.14. The second kappa shape index (κ2) is 7.07. The first kappa shape index (κ1) is 17.2. The standard InChI is InChI=1S/C20H22N2O3/c1-20(25,16-6-3-2-4-7-16)14-21-19(24)15-9-11-17(12-10-15)22-13-5-8-18(22)23/h2-4,6-7,9-12,25H,5,8,13-14H2,1H3,(H,21,24). The number of hydrogen-bond donors (Lipinski definition) is 2. The van der Waals surface area contributed by atoms with Crippen molar-refractivity contribution in [2.24, 2.45) is 0 Å². The van der Waals surface area contributed by atoms with Crippen molar-refractivity contribution < 1.29 is 14.7 Å². The molecule has 0 aliphatic carbocycles. The predicted molar refractivity (Wildman–Crippen MR) is 96.4 cm³/mol. The molecule has 2 N–H and O–H groups in total. The van der Waals surface area contributed by atoms with Crippen LogP contribution in [-0.4, -0.2) is 30.0 Å². The van der Waals surface area contributed by atoms with Crippen molar-refractivity contribution in [3.63, 3.8) is 0 Å². The van der Waals surface area contributed by atoms with Crippen molar-refractivity contribution in [3.8, 4) is 0 Å². The van der Waals surface area contributed by atoms with Crippen molar-refractivity contribution in [1.82, 2.24) is 5.32 Å². The second-order valence-corrected chi connectivity index (χ2v) is 6.52. The maximum absolute atomic E-state index is 12.3.